The minimum absolute atomic E-state index is 0.0945. The first-order chi connectivity index (χ1) is 12.3. The van der Waals surface area contributed by atoms with Gasteiger partial charge in [-0.25, -0.2) is 4.79 Å². The van der Waals surface area contributed by atoms with Crippen molar-refractivity contribution in [2.24, 2.45) is 0 Å². The molecule has 0 aliphatic rings. The molecule has 0 heterocycles. The number of hydrogen-bond acceptors (Lipinski definition) is 6. The summed E-state index contributed by atoms with van der Waals surface area (Å²) in [5.41, 5.74) is 0.853. The Morgan fingerprint density at radius 1 is 0.923 bits per heavy atom. The normalized spacial score (nSPS) is 12.0. The van der Waals surface area contributed by atoms with Crippen molar-refractivity contribution in [3.8, 4) is 23.0 Å². The van der Waals surface area contributed by atoms with Crippen molar-refractivity contribution >= 4 is 18.0 Å². The van der Waals surface area contributed by atoms with Gasteiger partial charge in [0, 0.05) is 12.5 Å². The van der Waals surface area contributed by atoms with Crippen LogP contribution in [0.2, 0.25) is 0 Å². The van der Waals surface area contributed by atoms with Gasteiger partial charge in [0.05, 0.1) is 0 Å². The number of hydrogen-bond donors (Lipinski definition) is 6. The SMILES string of the molecule is O=C(C=Cc1ccc(O)c(O)c1)N[C@H](Cc1ccc(O)c(O)c1)C(=O)O. The van der Waals surface area contributed by atoms with Gasteiger partial charge < -0.3 is 30.8 Å². The lowest BCUT2D eigenvalue weighted by molar-refractivity contribution is -0.141. The second-order valence-corrected chi connectivity index (χ2v) is 5.51. The second kappa shape index (κ2) is 7.93. The second-order valence-electron chi connectivity index (χ2n) is 5.51. The summed E-state index contributed by atoms with van der Waals surface area (Å²) in [6.45, 7) is 0. The largest absolute Gasteiger partial charge is 0.504 e. The molecule has 136 valence electrons. The highest BCUT2D eigenvalue weighted by atomic mass is 16.4. The number of aliphatic carboxylic acids is 1. The standard InChI is InChI=1S/C18H17NO7/c20-13-4-1-10(8-15(13)22)3-6-17(24)19-12(18(25)26)7-11-2-5-14(21)16(23)9-11/h1-6,8-9,12,20-23H,7H2,(H,19,24)(H,25,26)/t12-/m1/s1. The third-order valence-corrected chi connectivity index (χ3v) is 3.52. The van der Waals surface area contributed by atoms with Crippen LogP contribution in [0.3, 0.4) is 0 Å². The Kier molecular flexibility index (Phi) is 5.69. The van der Waals surface area contributed by atoms with Crippen molar-refractivity contribution in [1.29, 1.82) is 0 Å². The highest BCUT2D eigenvalue weighted by Crippen LogP contribution is 2.26. The van der Waals surface area contributed by atoms with E-state index in [9.17, 15) is 35.1 Å². The maximum atomic E-state index is 11.9. The van der Waals surface area contributed by atoms with Crippen LogP contribution in [-0.2, 0) is 16.0 Å². The van der Waals surface area contributed by atoms with Gasteiger partial charge >= 0.3 is 5.97 Å². The molecule has 0 spiro atoms. The number of amides is 1. The number of carboxylic acids is 1. The average Bonchev–Trinajstić information content (AvgIpc) is 2.58. The molecule has 0 unspecified atom stereocenters. The zero-order valence-corrected chi connectivity index (χ0v) is 13.5. The van der Waals surface area contributed by atoms with Crippen LogP contribution in [-0.4, -0.2) is 43.5 Å². The summed E-state index contributed by atoms with van der Waals surface area (Å²) in [6.07, 6.45) is 2.35. The van der Waals surface area contributed by atoms with E-state index in [1.54, 1.807) is 0 Å². The van der Waals surface area contributed by atoms with E-state index in [2.05, 4.69) is 5.32 Å². The zero-order valence-electron chi connectivity index (χ0n) is 13.5. The van der Waals surface area contributed by atoms with Crippen LogP contribution in [0.4, 0.5) is 0 Å². The van der Waals surface area contributed by atoms with Crippen LogP contribution in [0.25, 0.3) is 6.08 Å². The van der Waals surface area contributed by atoms with Gasteiger partial charge in [-0.15, -0.1) is 0 Å². The van der Waals surface area contributed by atoms with Gasteiger partial charge in [0.15, 0.2) is 23.0 Å². The van der Waals surface area contributed by atoms with Gasteiger partial charge in [-0.1, -0.05) is 12.1 Å². The van der Waals surface area contributed by atoms with Crippen LogP contribution in [0, 0.1) is 0 Å². The molecule has 2 aromatic rings. The number of carbonyl (C=O) groups excluding carboxylic acids is 1. The molecule has 8 nitrogen and oxygen atoms in total. The van der Waals surface area contributed by atoms with Crippen molar-refractivity contribution in [2.75, 3.05) is 0 Å². The number of rotatable bonds is 6. The Balaban J connectivity index is 2.05. The Labute approximate surface area is 148 Å². The molecule has 0 radical (unpaired) electrons. The predicted octanol–water partition coefficient (Wildman–Crippen LogP) is 1.33. The zero-order chi connectivity index (χ0) is 19.3. The number of phenols is 4. The molecule has 0 bridgehead atoms. The fourth-order valence-corrected chi connectivity index (χ4v) is 2.17. The average molecular weight is 359 g/mol. The van der Waals surface area contributed by atoms with Crippen molar-refractivity contribution in [2.45, 2.75) is 12.5 Å². The van der Waals surface area contributed by atoms with Crippen molar-refractivity contribution in [1.82, 2.24) is 5.32 Å². The molecule has 0 aliphatic carbocycles. The van der Waals surface area contributed by atoms with E-state index in [4.69, 9.17) is 0 Å². The molecule has 0 saturated heterocycles. The van der Waals surface area contributed by atoms with E-state index in [-0.39, 0.29) is 29.4 Å². The molecule has 26 heavy (non-hydrogen) atoms. The fourth-order valence-electron chi connectivity index (χ4n) is 2.17. The van der Waals surface area contributed by atoms with E-state index >= 15 is 0 Å². The first kappa shape index (κ1) is 18.7. The van der Waals surface area contributed by atoms with Crippen molar-refractivity contribution in [3.05, 3.63) is 53.6 Å². The molecule has 2 aromatic carbocycles. The molecule has 8 heteroatoms. The lowest BCUT2D eigenvalue weighted by atomic mass is 10.1. The molecule has 0 saturated carbocycles. The van der Waals surface area contributed by atoms with Crippen LogP contribution in [0.1, 0.15) is 11.1 Å². The van der Waals surface area contributed by atoms with Crippen molar-refractivity contribution < 1.29 is 35.1 Å². The Hall–Kier alpha value is -3.68. The number of phenolic OH excluding ortho intramolecular Hbond substituents is 4. The summed E-state index contributed by atoms with van der Waals surface area (Å²) >= 11 is 0. The van der Waals surface area contributed by atoms with Gasteiger partial charge in [0.2, 0.25) is 5.91 Å². The minimum Gasteiger partial charge on any atom is -0.504 e. The van der Waals surface area contributed by atoms with Gasteiger partial charge in [-0.05, 0) is 41.5 Å². The summed E-state index contributed by atoms with van der Waals surface area (Å²) in [7, 11) is 0. The van der Waals surface area contributed by atoms with Crippen LogP contribution < -0.4 is 5.32 Å². The molecule has 2 rings (SSSR count). The molecule has 6 N–H and O–H groups in total. The van der Waals surface area contributed by atoms with Gasteiger partial charge in [-0.2, -0.15) is 0 Å². The third-order valence-electron chi connectivity index (χ3n) is 3.52. The Morgan fingerprint density at radius 3 is 2.12 bits per heavy atom. The highest BCUT2D eigenvalue weighted by molar-refractivity contribution is 5.94. The number of benzene rings is 2. The molecule has 0 aliphatic heterocycles. The number of carboxylic acid groups (broad SMARTS) is 1. The molecule has 1 amide bonds. The first-order valence-corrected chi connectivity index (χ1v) is 7.50. The van der Waals surface area contributed by atoms with Crippen molar-refractivity contribution in [3.63, 3.8) is 0 Å². The Morgan fingerprint density at radius 2 is 1.54 bits per heavy atom. The van der Waals surface area contributed by atoms with Crippen LogP contribution in [0.5, 0.6) is 23.0 Å². The number of aromatic hydroxyl groups is 4. The van der Waals surface area contributed by atoms with Crippen LogP contribution >= 0.6 is 0 Å². The smallest absolute Gasteiger partial charge is 0.326 e. The summed E-state index contributed by atoms with van der Waals surface area (Å²) in [5.74, 6) is -3.29. The lowest BCUT2D eigenvalue weighted by Gasteiger charge is -2.13. The minimum atomic E-state index is -1.26. The van der Waals surface area contributed by atoms with Gasteiger partial charge in [0.25, 0.3) is 0 Å². The maximum absolute atomic E-state index is 11.9. The van der Waals surface area contributed by atoms with E-state index in [1.165, 1.54) is 42.5 Å². The molecular formula is C18H17NO7. The van der Waals surface area contributed by atoms with Crippen LogP contribution in [0.15, 0.2) is 42.5 Å². The Bertz CT molecular complexity index is 861. The summed E-state index contributed by atoms with van der Waals surface area (Å²) in [4.78, 5) is 23.3. The predicted molar refractivity (Wildman–Crippen MR) is 91.8 cm³/mol. The summed E-state index contributed by atoms with van der Waals surface area (Å²) < 4.78 is 0. The lowest BCUT2D eigenvalue weighted by Crippen LogP contribution is -2.41. The quantitative estimate of drug-likeness (QED) is 0.337. The van der Waals surface area contributed by atoms with E-state index in [1.807, 2.05) is 0 Å². The third kappa shape index (κ3) is 4.91. The number of nitrogens with one attached hydrogen (secondary N) is 1. The summed E-state index contributed by atoms with van der Waals surface area (Å²) in [5, 5.41) is 48.9. The number of carbonyl (C=O) groups is 2. The highest BCUT2D eigenvalue weighted by Gasteiger charge is 2.20. The van der Waals surface area contributed by atoms with E-state index in [0.29, 0.717) is 11.1 Å². The van der Waals surface area contributed by atoms with E-state index in [0.717, 1.165) is 6.08 Å². The molecule has 1 atom stereocenters. The summed E-state index contributed by atoms with van der Waals surface area (Å²) in [6, 6.07) is 6.59. The van der Waals surface area contributed by atoms with E-state index < -0.39 is 17.9 Å². The molecule has 0 fully saturated rings. The van der Waals surface area contributed by atoms with Gasteiger partial charge in [0.1, 0.15) is 6.04 Å². The topological polar surface area (TPSA) is 147 Å². The van der Waals surface area contributed by atoms with Gasteiger partial charge in [-0.3, -0.25) is 4.79 Å². The maximum Gasteiger partial charge on any atom is 0.326 e. The fraction of sp³-hybridized carbons (Fsp3) is 0.111. The monoisotopic (exact) mass is 359 g/mol. The first-order valence-electron chi connectivity index (χ1n) is 7.50. The molecular weight excluding hydrogens is 342 g/mol. The molecule has 0 aromatic heterocycles.